The fraction of sp³-hybridized carbons (Fsp3) is 0.500. The predicted molar refractivity (Wildman–Crippen MR) is 56.4 cm³/mol. The third kappa shape index (κ3) is 3.68. The Morgan fingerprint density at radius 2 is 2.43 bits per heavy atom. The van der Waals surface area contributed by atoms with Crippen molar-refractivity contribution in [1.82, 2.24) is 0 Å². The molecule has 0 bridgehead atoms. The van der Waals surface area contributed by atoms with Gasteiger partial charge in [-0.05, 0) is 25.5 Å². The summed E-state index contributed by atoms with van der Waals surface area (Å²) >= 11 is 0. The molecule has 2 nitrogen and oxygen atoms in total. The van der Waals surface area contributed by atoms with Gasteiger partial charge in [-0.2, -0.15) is 0 Å². The van der Waals surface area contributed by atoms with Crippen molar-refractivity contribution in [3.63, 3.8) is 0 Å². The smallest absolute Gasteiger partial charge is 0.220 e. The van der Waals surface area contributed by atoms with E-state index in [1.165, 1.54) is 0 Å². The van der Waals surface area contributed by atoms with Crippen LogP contribution in [-0.2, 0) is 9.47 Å². The Labute approximate surface area is 85.6 Å². The summed E-state index contributed by atoms with van der Waals surface area (Å²) in [6, 6.07) is 0. The van der Waals surface area contributed by atoms with Gasteiger partial charge in [-0.1, -0.05) is 18.8 Å². The van der Waals surface area contributed by atoms with Crippen molar-refractivity contribution in [2.24, 2.45) is 0 Å². The van der Waals surface area contributed by atoms with Crippen LogP contribution in [0.2, 0.25) is 0 Å². The summed E-state index contributed by atoms with van der Waals surface area (Å²) in [6.45, 7) is 4.71. The molecule has 76 valence electrons. The molecule has 1 rings (SSSR count). The monoisotopic (exact) mass is 192 g/mol. The van der Waals surface area contributed by atoms with Gasteiger partial charge in [0.15, 0.2) is 0 Å². The Kier molecular flexibility index (Phi) is 4.88. The highest BCUT2D eigenvalue weighted by atomic mass is 16.7. The molecule has 1 atom stereocenters. The largest absolute Gasteiger partial charge is 0.461 e. The van der Waals surface area contributed by atoms with E-state index >= 15 is 0 Å². The molecule has 1 unspecified atom stereocenters. The lowest BCUT2D eigenvalue weighted by molar-refractivity contribution is -0.0660. The number of rotatable bonds is 3. The van der Waals surface area contributed by atoms with Crippen molar-refractivity contribution >= 4 is 0 Å². The normalized spacial score (nSPS) is 21.9. The molecule has 0 saturated carbocycles. The summed E-state index contributed by atoms with van der Waals surface area (Å²) < 4.78 is 10.7. The molecule has 2 heteroatoms. The number of allylic oxidation sites excluding steroid dienone is 2. The zero-order valence-electron chi connectivity index (χ0n) is 8.75. The fourth-order valence-electron chi connectivity index (χ4n) is 1.04. The highest BCUT2D eigenvalue weighted by molar-refractivity contribution is 5.27. The first kappa shape index (κ1) is 10.9. The molecule has 14 heavy (non-hydrogen) atoms. The van der Waals surface area contributed by atoms with E-state index in [4.69, 9.17) is 9.47 Å². The minimum Gasteiger partial charge on any atom is -0.461 e. The lowest BCUT2D eigenvalue weighted by atomic mass is 10.3. The molecule has 0 aromatic rings. The molecule has 1 aliphatic heterocycles. The molecule has 0 radical (unpaired) electrons. The Bertz CT molecular complexity index is 278. The van der Waals surface area contributed by atoms with Crippen molar-refractivity contribution < 1.29 is 9.47 Å². The molecule has 0 saturated heterocycles. The third-order valence-corrected chi connectivity index (χ3v) is 1.69. The summed E-state index contributed by atoms with van der Waals surface area (Å²) in [5, 5.41) is 0. The summed E-state index contributed by atoms with van der Waals surface area (Å²) in [5.74, 6) is 6.76. The first-order valence-corrected chi connectivity index (χ1v) is 5.01. The number of hydrogen-bond donors (Lipinski definition) is 0. The van der Waals surface area contributed by atoms with Gasteiger partial charge in [0.25, 0.3) is 0 Å². The van der Waals surface area contributed by atoms with Gasteiger partial charge in [0.05, 0.1) is 0 Å². The van der Waals surface area contributed by atoms with Crippen LogP contribution < -0.4 is 0 Å². The SMILES string of the molecule is CCCC#C/C=C1/C=CC(OCC)O1. The van der Waals surface area contributed by atoms with Gasteiger partial charge in [0.2, 0.25) is 6.29 Å². The predicted octanol–water partition coefficient (Wildman–Crippen LogP) is 2.62. The average Bonchev–Trinajstić information content (AvgIpc) is 2.61. The van der Waals surface area contributed by atoms with Gasteiger partial charge >= 0.3 is 0 Å². The third-order valence-electron chi connectivity index (χ3n) is 1.69. The molecule has 0 N–H and O–H groups in total. The Balaban J connectivity index is 2.36. The van der Waals surface area contributed by atoms with Crippen LogP contribution in [0.1, 0.15) is 26.7 Å². The molecule has 0 spiro atoms. The molecule has 0 aromatic heterocycles. The van der Waals surface area contributed by atoms with Crippen LogP contribution in [0.5, 0.6) is 0 Å². The maximum Gasteiger partial charge on any atom is 0.220 e. The van der Waals surface area contributed by atoms with Crippen LogP contribution in [0.25, 0.3) is 0 Å². The molecule has 1 aliphatic rings. The topological polar surface area (TPSA) is 18.5 Å². The Morgan fingerprint density at radius 1 is 1.57 bits per heavy atom. The molecule has 1 heterocycles. The van der Waals surface area contributed by atoms with Crippen molar-refractivity contribution in [1.29, 1.82) is 0 Å². The highest BCUT2D eigenvalue weighted by Gasteiger charge is 2.12. The van der Waals surface area contributed by atoms with Crippen LogP contribution in [0, 0.1) is 11.8 Å². The van der Waals surface area contributed by atoms with E-state index in [1.54, 1.807) is 6.08 Å². The van der Waals surface area contributed by atoms with Gasteiger partial charge in [-0.3, -0.25) is 0 Å². The first-order chi connectivity index (χ1) is 6.86. The first-order valence-electron chi connectivity index (χ1n) is 5.01. The standard InChI is InChI=1S/C12H16O2/c1-3-5-6-7-8-11-9-10-12(14-11)13-4-2/h8-10,12H,3-5H2,1-2H3/b11-8-. The van der Waals surface area contributed by atoms with Crippen LogP contribution in [0.3, 0.4) is 0 Å². The molecule has 0 aliphatic carbocycles. The number of hydrogen-bond acceptors (Lipinski definition) is 2. The van der Waals surface area contributed by atoms with Crippen molar-refractivity contribution in [3.05, 3.63) is 24.0 Å². The van der Waals surface area contributed by atoms with Crippen molar-refractivity contribution in [3.8, 4) is 11.8 Å². The molecule has 0 aromatic carbocycles. The van der Waals surface area contributed by atoms with Crippen LogP contribution in [-0.4, -0.2) is 12.9 Å². The van der Waals surface area contributed by atoms with Crippen LogP contribution >= 0.6 is 0 Å². The molecular formula is C12H16O2. The van der Waals surface area contributed by atoms with Gasteiger partial charge in [-0.15, -0.1) is 0 Å². The zero-order valence-corrected chi connectivity index (χ0v) is 8.75. The second kappa shape index (κ2) is 6.28. The lowest BCUT2D eigenvalue weighted by Crippen LogP contribution is -2.08. The molecule has 0 amide bonds. The summed E-state index contributed by atoms with van der Waals surface area (Å²) in [7, 11) is 0. The van der Waals surface area contributed by atoms with E-state index in [0.717, 1.165) is 18.6 Å². The minimum absolute atomic E-state index is 0.223. The van der Waals surface area contributed by atoms with E-state index in [2.05, 4.69) is 18.8 Å². The molecule has 0 fully saturated rings. The van der Waals surface area contributed by atoms with Gasteiger partial charge < -0.3 is 9.47 Å². The van der Waals surface area contributed by atoms with E-state index < -0.39 is 0 Å². The Hall–Kier alpha value is -1.20. The summed E-state index contributed by atoms with van der Waals surface area (Å²) in [6.07, 6.45) is 7.36. The number of ether oxygens (including phenoxy) is 2. The summed E-state index contributed by atoms with van der Waals surface area (Å²) in [4.78, 5) is 0. The fourth-order valence-corrected chi connectivity index (χ4v) is 1.04. The highest BCUT2D eigenvalue weighted by Crippen LogP contribution is 2.14. The number of unbranched alkanes of at least 4 members (excludes halogenated alkanes) is 1. The van der Waals surface area contributed by atoms with Gasteiger partial charge in [-0.25, -0.2) is 0 Å². The minimum atomic E-state index is -0.223. The van der Waals surface area contributed by atoms with E-state index in [9.17, 15) is 0 Å². The van der Waals surface area contributed by atoms with E-state index in [-0.39, 0.29) is 6.29 Å². The zero-order chi connectivity index (χ0) is 10.2. The van der Waals surface area contributed by atoms with Gasteiger partial charge in [0, 0.05) is 19.1 Å². The van der Waals surface area contributed by atoms with Crippen molar-refractivity contribution in [2.75, 3.05) is 6.61 Å². The molecular weight excluding hydrogens is 176 g/mol. The maximum absolute atomic E-state index is 5.41. The van der Waals surface area contributed by atoms with E-state index in [1.807, 2.05) is 19.1 Å². The summed E-state index contributed by atoms with van der Waals surface area (Å²) in [5.41, 5.74) is 0. The Morgan fingerprint density at radius 3 is 3.14 bits per heavy atom. The average molecular weight is 192 g/mol. The second-order valence-electron chi connectivity index (χ2n) is 2.92. The quantitative estimate of drug-likeness (QED) is 0.640. The van der Waals surface area contributed by atoms with Crippen LogP contribution in [0.15, 0.2) is 24.0 Å². The van der Waals surface area contributed by atoms with Crippen molar-refractivity contribution in [2.45, 2.75) is 33.0 Å². The maximum atomic E-state index is 5.41. The second-order valence-corrected chi connectivity index (χ2v) is 2.92. The van der Waals surface area contributed by atoms with Crippen LogP contribution in [0.4, 0.5) is 0 Å². The van der Waals surface area contributed by atoms with Gasteiger partial charge in [0.1, 0.15) is 5.76 Å². The lowest BCUT2D eigenvalue weighted by Gasteiger charge is -2.08. The van der Waals surface area contributed by atoms with E-state index in [0.29, 0.717) is 6.61 Å².